The van der Waals surface area contributed by atoms with E-state index in [1.807, 2.05) is 6.92 Å². The van der Waals surface area contributed by atoms with Gasteiger partial charge in [0.05, 0.1) is 0 Å². The first-order chi connectivity index (χ1) is 6.02. The Bertz CT molecular complexity index is 341. The van der Waals surface area contributed by atoms with E-state index in [-0.39, 0.29) is 0 Å². The van der Waals surface area contributed by atoms with E-state index in [9.17, 15) is 4.79 Å². The molecule has 1 heterocycles. The van der Waals surface area contributed by atoms with Crippen LogP contribution in [-0.4, -0.2) is 16.1 Å². The van der Waals surface area contributed by atoms with E-state index >= 15 is 0 Å². The molecule has 0 amide bonds. The molecule has 3 N–H and O–H groups in total. The molecule has 13 heavy (non-hydrogen) atoms. The number of carboxylic acid groups (broad SMARTS) is 1. The third-order valence-electron chi connectivity index (χ3n) is 1.60. The molecule has 0 aliphatic rings. The van der Waals surface area contributed by atoms with Crippen LogP contribution < -0.4 is 5.73 Å². The van der Waals surface area contributed by atoms with Crippen LogP contribution in [0.1, 0.15) is 17.2 Å². The average Bonchev–Trinajstić information content (AvgIpc) is 2.08. The van der Waals surface area contributed by atoms with Gasteiger partial charge in [-0.25, -0.2) is 4.98 Å². The number of aliphatic carboxylic acids is 1. The number of pyridine rings is 1. The molecule has 0 aromatic carbocycles. The van der Waals surface area contributed by atoms with Gasteiger partial charge >= 0.3 is 5.97 Å². The van der Waals surface area contributed by atoms with E-state index < -0.39 is 12.0 Å². The topological polar surface area (TPSA) is 76.2 Å². The molecule has 0 fully saturated rings. The molecule has 4 nitrogen and oxygen atoms in total. The summed E-state index contributed by atoms with van der Waals surface area (Å²) >= 11 is 3.14. The van der Waals surface area contributed by atoms with Crippen LogP contribution in [0.4, 0.5) is 0 Å². The van der Waals surface area contributed by atoms with Crippen molar-refractivity contribution in [1.82, 2.24) is 4.98 Å². The van der Waals surface area contributed by atoms with Crippen molar-refractivity contribution in [1.29, 1.82) is 0 Å². The monoisotopic (exact) mass is 244 g/mol. The number of nitrogens with two attached hydrogens (primary N) is 1. The minimum Gasteiger partial charge on any atom is -0.480 e. The van der Waals surface area contributed by atoms with Crippen LogP contribution in [0.5, 0.6) is 0 Å². The highest BCUT2D eigenvalue weighted by atomic mass is 79.9. The lowest BCUT2D eigenvalue weighted by Crippen LogP contribution is -2.21. The molecule has 1 aromatic heterocycles. The number of nitrogens with zero attached hydrogens (tertiary/aromatic N) is 1. The first-order valence-corrected chi connectivity index (χ1v) is 4.42. The molecule has 0 saturated heterocycles. The van der Waals surface area contributed by atoms with Crippen molar-refractivity contribution in [2.45, 2.75) is 13.0 Å². The summed E-state index contributed by atoms with van der Waals surface area (Å²) in [4.78, 5) is 14.5. The smallest absolute Gasteiger partial charge is 0.325 e. The maximum Gasteiger partial charge on any atom is 0.325 e. The molecule has 5 heteroatoms. The molecule has 0 aliphatic heterocycles. The molecule has 0 aliphatic carbocycles. The Balaban J connectivity index is 3.12. The van der Waals surface area contributed by atoms with E-state index in [4.69, 9.17) is 10.8 Å². The number of hydrogen-bond acceptors (Lipinski definition) is 3. The van der Waals surface area contributed by atoms with Crippen molar-refractivity contribution in [3.05, 3.63) is 28.0 Å². The van der Waals surface area contributed by atoms with Crippen LogP contribution in [0.25, 0.3) is 0 Å². The zero-order valence-electron chi connectivity index (χ0n) is 6.99. The predicted octanol–water partition coefficient (Wildman–Crippen LogP) is 1.24. The molecule has 0 radical (unpaired) electrons. The van der Waals surface area contributed by atoms with Gasteiger partial charge in [-0.3, -0.25) is 4.79 Å². The van der Waals surface area contributed by atoms with E-state index in [2.05, 4.69) is 20.9 Å². The maximum absolute atomic E-state index is 10.6. The van der Waals surface area contributed by atoms with Gasteiger partial charge in [-0.15, -0.1) is 0 Å². The molecular formula is C8H9BrN2O2. The van der Waals surface area contributed by atoms with Gasteiger partial charge in [0, 0.05) is 11.8 Å². The molecule has 0 unspecified atom stereocenters. The second kappa shape index (κ2) is 3.85. The Morgan fingerprint density at radius 3 is 2.92 bits per heavy atom. The van der Waals surface area contributed by atoms with Crippen molar-refractivity contribution in [2.24, 2.45) is 5.73 Å². The van der Waals surface area contributed by atoms with Gasteiger partial charge in [-0.1, -0.05) is 0 Å². The summed E-state index contributed by atoms with van der Waals surface area (Å²) in [5, 5.41) is 8.68. The van der Waals surface area contributed by atoms with Crippen molar-refractivity contribution in [2.75, 3.05) is 0 Å². The standard InChI is InChI=1S/C8H9BrN2O2/c1-4-2-5(6(10)8(12)13)7(9)11-3-4/h2-3,6H,10H2,1H3,(H,12,13)/t6-/m1/s1. The van der Waals surface area contributed by atoms with Crippen molar-refractivity contribution >= 4 is 21.9 Å². The third-order valence-corrected chi connectivity index (χ3v) is 2.27. The lowest BCUT2D eigenvalue weighted by Gasteiger charge is -2.08. The Kier molecular flexibility index (Phi) is 3.00. The van der Waals surface area contributed by atoms with E-state index in [0.717, 1.165) is 5.56 Å². The summed E-state index contributed by atoms with van der Waals surface area (Å²) in [6.45, 7) is 1.83. The Morgan fingerprint density at radius 1 is 1.77 bits per heavy atom. The number of halogens is 1. The highest BCUT2D eigenvalue weighted by Gasteiger charge is 2.17. The van der Waals surface area contributed by atoms with Crippen molar-refractivity contribution in [3.63, 3.8) is 0 Å². The van der Waals surface area contributed by atoms with Crippen LogP contribution in [-0.2, 0) is 4.79 Å². The van der Waals surface area contributed by atoms with Gasteiger partial charge < -0.3 is 10.8 Å². The van der Waals surface area contributed by atoms with Crippen LogP contribution in [0.3, 0.4) is 0 Å². The van der Waals surface area contributed by atoms with Gasteiger partial charge in [0.1, 0.15) is 10.6 Å². The Morgan fingerprint density at radius 2 is 2.38 bits per heavy atom. The second-order valence-corrected chi connectivity index (χ2v) is 3.46. The Hall–Kier alpha value is -0.940. The molecule has 1 atom stereocenters. The second-order valence-electron chi connectivity index (χ2n) is 2.71. The average molecular weight is 245 g/mol. The van der Waals surface area contributed by atoms with E-state index in [1.54, 1.807) is 12.3 Å². The Labute approximate surface area is 83.9 Å². The molecule has 1 rings (SSSR count). The van der Waals surface area contributed by atoms with Crippen LogP contribution in [0, 0.1) is 6.92 Å². The predicted molar refractivity (Wildman–Crippen MR) is 51.2 cm³/mol. The number of carbonyl (C=O) groups is 1. The molecule has 70 valence electrons. The highest BCUT2D eigenvalue weighted by molar-refractivity contribution is 9.10. The summed E-state index contributed by atoms with van der Waals surface area (Å²) in [6.07, 6.45) is 1.64. The fourth-order valence-corrected chi connectivity index (χ4v) is 1.39. The molecule has 0 saturated carbocycles. The van der Waals surface area contributed by atoms with Crippen LogP contribution in [0.15, 0.2) is 16.9 Å². The SMILES string of the molecule is Cc1cnc(Br)c([C@@H](N)C(=O)O)c1. The largest absolute Gasteiger partial charge is 0.480 e. The molecular weight excluding hydrogens is 236 g/mol. The number of hydrogen-bond donors (Lipinski definition) is 2. The molecule has 0 bridgehead atoms. The maximum atomic E-state index is 10.6. The summed E-state index contributed by atoms with van der Waals surface area (Å²) in [5.74, 6) is -1.06. The molecule has 1 aromatic rings. The van der Waals surface area contributed by atoms with Crippen molar-refractivity contribution in [3.8, 4) is 0 Å². The zero-order valence-corrected chi connectivity index (χ0v) is 8.58. The minimum absolute atomic E-state index is 0.480. The zero-order chi connectivity index (χ0) is 10.0. The summed E-state index contributed by atoms with van der Waals surface area (Å²) in [5.41, 5.74) is 6.82. The fraction of sp³-hybridized carbons (Fsp3) is 0.250. The normalized spacial score (nSPS) is 12.5. The van der Waals surface area contributed by atoms with Gasteiger partial charge in [0.2, 0.25) is 0 Å². The first-order valence-electron chi connectivity index (χ1n) is 3.63. The lowest BCUT2D eigenvalue weighted by molar-refractivity contribution is -0.138. The summed E-state index contributed by atoms with van der Waals surface area (Å²) in [6, 6.07) is 0.678. The summed E-state index contributed by atoms with van der Waals surface area (Å²) < 4.78 is 0.480. The highest BCUT2D eigenvalue weighted by Crippen LogP contribution is 2.20. The fourth-order valence-electron chi connectivity index (χ4n) is 0.926. The van der Waals surface area contributed by atoms with Gasteiger partial charge in [0.25, 0.3) is 0 Å². The third kappa shape index (κ3) is 2.26. The van der Waals surface area contributed by atoms with Crippen molar-refractivity contribution < 1.29 is 9.90 Å². The minimum atomic E-state index is -1.06. The van der Waals surface area contributed by atoms with Crippen LogP contribution >= 0.6 is 15.9 Å². The van der Waals surface area contributed by atoms with E-state index in [0.29, 0.717) is 10.2 Å². The van der Waals surface area contributed by atoms with Gasteiger partial charge in [-0.05, 0) is 34.5 Å². The number of aromatic nitrogens is 1. The number of aryl methyl sites for hydroxylation is 1. The first kappa shape index (κ1) is 10.1. The summed E-state index contributed by atoms with van der Waals surface area (Å²) in [7, 11) is 0. The van der Waals surface area contributed by atoms with Gasteiger partial charge in [0.15, 0.2) is 0 Å². The number of rotatable bonds is 2. The van der Waals surface area contributed by atoms with Crippen LogP contribution in [0.2, 0.25) is 0 Å². The van der Waals surface area contributed by atoms with E-state index in [1.165, 1.54) is 0 Å². The number of carboxylic acids is 1. The molecule has 0 spiro atoms. The van der Waals surface area contributed by atoms with Gasteiger partial charge in [-0.2, -0.15) is 0 Å². The quantitative estimate of drug-likeness (QED) is 0.768. The lowest BCUT2D eigenvalue weighted by atomic mass is 10.1.